The van der Waals surface area contributed by atoms with Crippen LogP contribution in [-0.4, -0.2) is 18.0 Å². The molecule has 6 heteroatoms. The molecule has 2 rings (SSSR count). The zero-order valence-electron chi connectivity index (χ0n) is 13.5. The fourth-order valence-electron chi connectivity index (χ4n) is 2.01. The van der Waals surface area contributed by atoms with Crippen molar-refractivity contribution in [1.29, 1.82) is 0 Å². The monoisotopic (exact) mass is 365 g/mol. The van der Waals surface area contributed by atoms with Crippen LogP contribution in [0.3, 0.4) is 0 Å². The maximum absolute atomic E-state index is 12.2. The highest BCUT2D eigenvalue weighted by Gasteiger charge is 2.20. The quantitative estimate of drug-likeness (QED) is 0.792. The van der Waals surface area contributed by atoms with Gasteiger partial charge in [-0.05, 0) is 56.2 Å². The summed E-state index contributed by atoms with van der Waals surface area (Å²) < 4.78 is 5.18. The Bertz CT molecular complexity index is 790. The van der Waals surface area contributed by atoms with E-state index >= 15 is 0 Å². The first-order valence-electron chi connectivity index (χ1n) is 7.32. The maximum atomic E-state index is 12.2. The lowest BCUT2D eigenvalue weighted by atomic mass is 10.1. The first kappa shape index (κ1) is 18.3. The second-order valence-electron chi connectivity index (χ2n) is 5.48. The van der Waals surface area contributed by atoms with Gasteiger partial charge in [-0.1, -0.05) is 35.3 Å². The number of carbonyl (C=O) groups excluding carboxylic acids is 2. The topological polar surface area (TPSA) is 55.4 Å². The zero-order chi connectivity index (χ0) is 17.9. The molecule has 0 spiro atoms. The Balaban J connectivity index is 2.04. The number of nitrogens with one attached hydrogen (secondary N) is 1. The molecule has 0 aliphatic heterocycles. The van der Waals surface area contributed by atoms with Gasteiger partial charge in [-0.2, -0.15) is 0 Å². The van der Waals surface area contributed by atoms with Crippen molar-refractivity contribution in [2.45, 2.75) is 26.9 Å². The molecule has 0 saturated carbocycles. The summed E-state index contributed by atoms with van der Waals surface area (Å²) in [5.74, 6) is -1.05. The third-order valence-corrected chi connectivity index (χ3v) is 4.20. The first-order chi connectivity index (χ1) is 11.3. The van der Waals surface area contributed by atoms with Crippen molar-refractivity contribution in [3.05, 3.63) is 63.1 Å². The molecule has 0 unspecified atom stereocenters. The largest absolute Gasteiger partial charge is 0.449 e. The van der Waals surface area contributed by atoms with Gasteiger partial charge in [-0.3, -0.25) is 4.79 Å². The fourth-order valence-corrected chi connectivity index (χ4v) is 2.31. The van der Waals surface area contributed by atoms with Gasteiger partial charge < -0.3 is 10.1 Å². The van der Waals surface area contributed by atoms with Crippen LogP contribution in [0.1, 0.15) is 28.4 Å². The number of aryl methyl sites for hydroxylation is 2. The zero-order valence-corrected chi connectivity index (χ0v) is 15.0. The van der Waals surface area contributed by atoms with E-state index in [1.165, 1.54) is 25.1 Å². The molecular weight excluding hydrogens is 349 g/mol. The summed E-state index contributed by atoms with van der Waals surface area (Å²) >= 11 is 11.7. The molecule has 0 heterocycles. The van der Waals surface area contributed by atoms with Crippen molar-refractivity contribution in [2.24, 2.45) is 0 Å². The van der Waals surface area contributed by atoms with Gasteiger partial charge in [0, 0.05) is 5.69 Å². The van der Waals surface area contributed by atoms with Gasteiger partial charge in [0.15, 0.2) is 6.10 Å². The van der Waals surface area contributed by atoms with Crippen LogP contribution in [-0.2, 0) is 9.53 Å². The van der Waals surface area contributed by atoms with Gasteiger partial charge in [-0.15, -0.1) is 0 Å². The second-order valence-corrected chi connectivity index (χ2v) is 6.30. The number of amides is 1. The summed E-state index contributed by atoms with van der Waals surface area (Å²) in [6.45, 7) is 5.33. The number of anilines is 1. The minimum Gasteiger partial charge on any atom is -0.449 e. The maximum Gasteiger partial charge on any atom is 0.338 e. The number of ether oxygens (including phenoxy) is 1. The molecule has 4 nitrogen and oxygen atoms in total. The van der Waals surface area contributed by atoms with Crippen molar-refractivity contribution in [1.82, 2.24) is 0 Å². The fraction of sp³-hybridized carbons (Fsp3) is 0.222. The average molecular weight is 366 g/mol. The first-order valence-corrected chi connectivity index (χ1v) is 8.07. The van der Waals surface area contributed by atoms with Crippen LogP contribution in [0.25, 0.3) is 0 Å². The molecule has 0 radical (unpaired) electrons. The summed E-state index contributed by atoms with van der Waals surface area (Å²) in [6.07, 6.45) is -0.952. The predicted molar refractivity (Wildman–Crippen MR) is 95.9 cm³/mol. The Labute approximate surface area is 150 Å². The summed E-state index contributed by atoms with van der Waals surface area (Å²) in [7, 11) is 0. The van der Waals surface area contributed by atoms with E-state index in [9.17, 15) is 9.59 Å². The summed E-state index contributed by atoms with van der Waals surface area (Å²) in [5.41, 5.74) is 2.88. The van der Waals surface area contributed by atoms with Crippen LogP contribution < -0.4 is 5.32 Å². The van der Waals surface area contributed by atoms with Gasteiger partial charge in [0.1, 0.15) is 0 Å². The highest BCUT2D eigenvalue weighted by Crippen LogP contribution is 2.23. The highest BCUT2D eigenvalue weighted by molar-refractivity contribution is 6.42. The molecule has 0 bridgehead atoms. The molecule has 0 aliphatic rings. The molecule has 2 aromatic carbocycles. The van der Waals surface area contributed by atoms with Crippen LogP contribution in [0.4, 0.5) is 5.69 Å². The molecule has 0 saturated heterocycles. The average Bonchev–Trinajstić information content (AvgIpc) is 2.53. The van der Waals surface area contributed by atoms with E-state index in [4.69, 9.17) is 27.9 Å². The molecule has 1 atom stereocenters. The molecule has 2 aromatic rings. The summed E-state index contributed by atoms with van der Waals surface area (Å²) in [6, 6.07) is 10.1. The van der Waals surface area contributed by atoms with Gasteiger partial charge in [0.2, 0.25) is 0 Å². The third kappa shape index (κ3) is 4.49. The molecule has 0 aromatic heterocycles. The smallest absolute Gasteiger partial charge is 0.338 e. The van der Waals surface area contributed by atoms with E-state index in [2.05, 4.69) is 5.32 Å². The van der Waals surface area contributed by atoms with Gasteiger partial charge in [0.25, 0.3) is 5.91 Å². The number of rotatable bonds is 4. The van der Waals surface area contributed by atoms with Crippen molar-refractivity contribution in [3.8, 4) is 0 Å². The van der Waals surface area contributed by atoms with Crippen molar-refractivity contribution in [2.75, 3.05) is 5.32 Å². The van der Waals surface area contributed by atoms with Crippen LogP contribution in [0.2, 0.25) is 10.0 Å². The number of esters is 1. The number of halogens is 2. The van der Waals surface area contributed by atoms with Crippen LogP contribution in [0.5, 0.6) is 0 Å². The van der Waals surface area contributed by atoms with E-state index < -0.39 is 18.0 Å². The Hall–Kier alpha value is -2.04. The number of benzene rings is 2. The minimum atomic E-state index is -0.952. The molecule has 1 amide bonds. The number of hydrogen-bond donors (Lipinski definition) is 1. The summed E-state index contributed by atoms with van der Waals surface area (Å²) in [4.78, 5) is 24.3. The van der Waals surface area contributed by atoms with E-state index in [-0.39, 0.29) is 10.6 Å². The summed E-state index contributed by atoms with van der Waals surface area (Å²) in [5, 5.41) is 3.36. The van der Waals surface area contributed by atoms with E-state index in [0.717, 1.165) is 11.1 Å². The van der Waals surface area contributed by atoms with Crippen molar-refractivity contribution in [3.63, 3.8) is 0 Å². The Kier molecular flexibility index (Phi) is 5.86. The minimum absolute atomic E-state index is 0.232. The molecule has 1 N–H and O–H groups in total. The van der Waals surface area contributed by atoms with Gasteiger partial charge in [-0.25, -0.2) is 4.79 Å². The molecule has 126 valence electrons. The standard InChI is InChI=1S/C18H17Cl2NO3/c1-10-4-5-11(2)16(8-10)21-17(22)12(3)24-18(23)13-6-7-14(19)15(20)9-13/h4-9,12H,1-3H3,(H,21,22)/t12-/m1/s1. The van der Waals surface area contributed by atoms with Gasteiger partial charge >= 0.3 is 5.97 Å². The lowest BCUT2D eigenvalue weighted by Crippen LogP contribution is -2.30. The molecule has 0 fully saturated rings. The van der Waals surface area contributed by atoms with Crippen LogP contribution in [0.15, 0.2) is 36.4 Å². The second kappa shape index (κ2) is 7.69. The molecule has 0 aliphatic carbocycles. The van der Waals surface area contributed by atoms with Gasteiger partial charge in [0.05, 0.1) is 15.6 Å². The normalized spacial score (nSPS) is 11.7. The van der Waals surface area contributed by atoms with Crippen molar-refractivity contribution >= 4 is 40.8 Å². The molecular formula is C18H17Cl2NO3. The van der Waals surface area contributed by atoms with E-state index in [0.29, 0.717) is 10.7 Å². The van der Waals surface area contributed by atoms with E-state index in [1.807, 2.05) is 32.0 Å². The lowest BCUT2D eigenvalue weighted by Gasteiger charge is -2.15. The Morgan fingerprint density at radius 2 is 1.75 bits per heavy atom. The Morgan fingerprint density at radius 1 is 1.04 bits per heavy atom. The Morgan fingerprint density at radius 3 is 2.42 bits per heavy atom. The lowest BCUT2D eigenvalue weighted by molar-refractivity contribution is -0.123. The van der Waals surface area contributed by atoms with E-state index in [1.54, 1.807) is 0 Å². The number of hydrogen-bond acceptors (Lipinski definition) is 3. The molecule has 24 heavy (non-hydrogen) atoms. The third-order valence-electron chi connectivity index (χ3n) is 3.46. The van der Waals surface area contributed by atoms with Crippen molar-refractivity contribution < 1.29 is 14.3 Å². The highest BCUT2D eigenvalue weighted by atomic mass is 35.5. The van der Waals surface area contributed by atoms with Crippen LogP contribution in [0, 0.1) is 13.8 Å². The SMILES string of the molecule is Cc1ccc(C)c(NC(=O)[C@@H](C)OC(=O)c2ccc(Cl)c(Cl)c2)c1. The number of carbonyl (C=O) groups is 2. The predicted octanol–water partition coefficient (Wildman–Crippen LogP) is 4.79. The van der Waals surface area contributed by atoms with Crippen LogP contribution >= 0.6 is 23.2 Å².